The van der Waals surface area contributed by atoms with Gasteiger partial charge in [0, 0.05) is 6.54 Å². The zero-order valence-corrected chi connectivity index (χ0v) is 19.7. The Labute approximate surface area is 200 Å². The summed E-state index contributed by atoms with van der Waals surface area (Å²) < 4.78 is 2.22. The lowest BCUT2D eigenvalue weighted by Gasteiger charge is -2.10. The summed E-state index contributed by atoms with van der Waals surface area (Å²) in [4.78, 5) is 21.7. The second kappa shape index (κ2) is 9.30. The second-order valence-corrected chi connectivity index (χ2v) is 10.0. The molecule has 2 aliphatic rings. The van der Waals surface area contributed by atoms with Crippen LogP contribution >= 0.6 is 35.0 Å². The van der Waals surface area contributed by atoms with Gasteiger partial charge in [0.1, 0.15) is 0 Å². The average Bonchev–Trinajstić information content (AvgIpc) is 3.50. The number of fused-ring (bicyclic) bond motifs is 1. The molecule has 2 aromatic carbocycles. The first-order valence-electron chi connectivity index (χ1n) is 10.8. The number of halogens is 2. The molecule has 1 N–H and O–H groups in total. The fourth-order valence-electron chi connectivity index (χ4n) is 4.30. The number of rotatable bonds is 5. The summed E-state index contributed by atoms with van der Waals surface area (Å²) in [5.74, 6) is 0.551. The van der Waals surface area contributed by atoms with E-state index < -0.39 is 0 Å². The number of aryl methyl sites for hydroxylation is 1. The van der Waals surface area contributed by atoms with E-state index in [0.29, 0.717) is 25.8 Å². The van der Waals surface area contributed by atoms with Crippen molar-refractivity contribution in [1.29, 1.82) is 0 Å². The highest BCUT2D eigenvalue weighted by molar-refractivity contribution is 8.18. The molecule has 1 aromatic heterocycles. The smallest absolute Gasteiger partial charge is 0.286 e. The molecule has 5 rings (SSSR count). The molecule has 2 heterocycles. The number of imidazole rings is 1. The number of nitrogens with zero attached hydrogens (tertiary/aromatic N) is 3. The number of aromatic nitrogens is 2. The summed E-state index contributed by atoms with van der Waals surface area (Å²) in [6, 6.07) is 11.3. The number of anilines is 1. The Balaban J connectivity index is 1.32. The predicted octanol–water partition coefficient (Wildman–Crippen LogP) is 7.01. The molecule has 1 aliphatic carbocycles. The largest absolute Gasteiger partial charge is 0.332 e. The van der Waals surface area contributed by atoms with E-state index in [4.69, 9.17) is 23.2 Å². The minimum atomic E-state index is -0.282. The predicted molar refractivity (Wildman–Crippen MR) is 134 cm³/mol. The maximum atomic E-state index is 12.5. The Bertz CT molecular complexity index is 1220. The number of carbonyl (C=O) groups excluding carboxylic acids is 1. The van der Waals surface area contributed by atoms with Gasteiger partial charge in [0.25, 0.3) is 5.91 Å². The van der Waals surface area contributed by atoms with Crippen molar-refractivity contribution in [3.63, 3.8) is 0 Å². The third-order valence-corrected chi connectivity index (χ3v) is 7.54. The Morgan fingerprint density at radius 2 is 1.94 bits per heavy atom. The van der Waals surface area contributed by atoms with E-state index >= 15 is 0 Å². The molecule has 5 nitrogen and oxygen atoms in total. The minimum Gasteiger partial charge on any atom is -0.332 e. The first-order chi connectivity index (χ1) is 15.6. The molecule has 0 unspecified atom stereocenters. The van der Waals surface area contributed by atoms with Gasteiger partial charge in [-0.2, -0.15) is 4.99 Å². The molecule has 0 saturated heterocycles. The molecule has 8 heteroatoms. The monoisotopic (exact) mass is 484 g/mol. The van der Waals surface area contributed by atoms with Crippen LogP contribution in [-0.4, -0.2) is 20.6 Å². The van der Waals surface area contributed by atoms with Gasteiger partial charge in [-0.1, -0.05) is 61.0 Å². The maximum Gasteiger partial charge on any atom is 0.286 e. The van der Waals surface area contributed by atoms with Crippen molar-refractivity contribution in [3.8, 4) is 0 Å². The van der Waals surface area contributed by atoms with Crippen LogP contribution in [0.4, 0.5) is 5.69 Å². The Morgan fingerprint density at radius 3 is 2.72 bits per heavy atom. The molecule has 1 aliphatic heterocycles. The van der Waals surface area contributed by atoms with Gasteiger partial charge in [-0.15, -0.1) is 0 Å². The van der Waals surface area contributed by atoms with E-state index in [2.05, 4.69) is 25.9 Å². The number of amidine groups is 1. The Hall–Kier alpha value is -2.28. The Kier molecular flexibility index (Phi) is 6.26. The normalized spacial score (nSPS) is 18.1. The number of para-hydroxylation sites is 1. The van der Waals surface area contributed by atoms with E-state index in [1.807, 2.05) is 24.5 Å². The standard InChI is InChI=1S/C24H22Cl2N4OS/c25-17-6-3-7-18(26)22(17)28-24-29-23(31)21(32-24)13-16-8-9-19-20(12-16)30(14-27-19)11-10-15-4-1-2-5-15/h3,6-9,12-15H,1-2,4-5,10-11H2,(H,28,29,31). The van der Waals surface area contributed by atoms with Crippen molar-refractivity contribution in [2.45, 2.75) is 38.6 Å². The molecular weight excluding hydrogens is 463 g/mol. The molecule has 0 radical (unpaired) electrons. The van der Waals surface area contributed by atoms with Crippen molar-refractivity contribution in [2.24, 2.45) is 10.9 Å². The third-order valence-electron chi connectivity index (χ3n) is 6.01. The van der Waals surface area contributed by atoms with Crippen molar-refractivity contribution in [2.75, 3.05) is 5.32 Å². The maximum absolute atomic E-state index is 12.5. The fourth-order valence-corrected chi connectivity index (χ4v) is 5.61. The molecule has 164 valence electrons. The molecule has 0 atom stereocenters. The van der Waals surface area contributed by atoms with Crippen LogP contribution in [0.15, 0.2) is 52.6 Å². The lowest BCUT2D eigenvalue weighted by molar-refractivity contribution is -0.113. The lowest BCUT2D eigenvalue weighted by atomic mass is 10.0. The Morgan fingerprint density at radius 1 is 1.16 bits per heavy atom. The van der Waals surface area contributed by atoms with Gasteiger partial charge in [0.05, 0.1) is 38.0 Å². The van der Waals surface area contributed by atoms with Crippen molar-refractivity contribution < 1.29 is 4.79 Å². The summed E-state index contributed by atoms with van der Waals surface area (Å²) in [5, 5.41) is 4.48. The SMILES string of the molecule is O=C1N=C(Nc2c(Cl)cccc2Cl)SC1=Cc1ccc2ncn(CCC3CCCC3)c2c1. The van der Waals surface area contributed by atoms with E-state index in [1.54, 1.807) is 18.2 Å². The van der Waals surface area contributed by atoms with Crippen molar-refractivity contribution >= 4 is 68.8 Å². The van der Waals surface area contributed by atoms with E-state index in [0.717, 1.165) is 29.1 Å². The van der Waals surface area contributed by atoms with Gasteiger partial charge in [-0.25, -0.2) is 4.98 Å². The number of aliphatic imine (C=N–C) groups is 1. The number of hydrogen-bond acceptors (Lipinski definition) is 4. The highest BCUT2D eigenvalue weighted by atomic mass is 35.5. The number of benzene rings is 2. The highest BCUT2D eigenvalue weighted by Crippen LogP contribution is 2.35. The number of hydrogen-bond donors (Lipinski definition) is 1. The molecule has 3 aromatic rings. The summed E-state index contributed by atoms with van der Waals surface area (Å²) >= 11 is 13.7. The van der Waals surface area contributed by atoms with Gasteiger partial charge in [0.15, 0.2) is 5.17 Å². The summed E-state index contributed by atoms with van der Waals surface area (Å²) in [6.45, 7) is 0.977. The zero-order chi connectivity index (χ0) is 22.1. The van der Waals surface area contributed by atoms with Crippen LogP contribution in [0.1, 0.15) is 37.7 Å². The minimum absolute atomic E-state index is 0.282. The van der Waals surface area contributed by atoms with E-state index in [1.165, 1.54) is 43.9 Å². The van der Waals surface area contributed by atoms with Gasteiger partial charge >= 0.3 is 0 Å². The van der Waals surface area contributed by atoms with Crippen LogP contribution in [0.3, 0.4) is 0 Å². The number of nitrogens with one attached hydrogen (secondary N) is 1. The number of carbonyl (C=O) groups is 1. The van der Waals surface area contributed by atoms with Gasteiger partial charge < -0.3 is 9.88 Å². The van der Waals surface area contributed by atoms with E-state index in [-0.39, 0.29) is 5.91 Å². The topological polar surface area (TPSA) is 59.3 Å². The van der Waals surface area contributed by atoms with Crippen LogP contribution in [0.5, 0.6) is 0 Å². The van der Waals surface area contributed by atoms with Crippen molar-refractivity contribution in [3.05, 3.63) is 63.2 Å². The second-order valence-electron chi connectivity index (χ2n) is 8.18. The fraction of sp³-hybridized carbons (Fsp3) is 0.292. The van der Waals surface area contributed by atoms with Crippen LogP contribution in [0, 0.1) is 5.92 Å². The number of thioether (sulfide) groups is 1. The summed E-state index contributed by atoms with van der Waals surface area (Å²) in [6.07, 6.45) is 10.4. The molecule has 32 heavy (non-hydrogen) atoms. The zero-order valence-electron chi connectivity index (χ0n) is 17.4. The van der Waals surface area contributed by atoms with E-state index in [9.17, 15) is 4.79 Å². The number of amides is 1. The first-order valence-corrected chi connectivity index (χ1v) is 12.3. The molecule has 0 spiro atoms. The summed E-state index contributed by atoms with van der Waals surface area (Å²) in [5.41, 5.74) is 3.55. The molecule has 1 amide bonds. The lowest BCUT2D eigenvalue weighted by Crippen LogP contribution is -2.05. The van der Waals surface area contributed by atoms with Gasteiger partial charge in [0.2, 0.25) is 0 Å². The van der Waals surface area contributed by atoms with Gasteiger partial charge in [-0.3, -0.25) is 4.79 Å². The average molecular weight is 485 g/mol. The highest BCUT2D eigenvalue weighted by Gasteiger charge is 2.23. The van der Waals surface area contributed by atoms with Gasteiger partial charge in [-0.05, 0) is 60.0 Å². The molecular formula is C24H22Cl2N4OS. The van der Waals surface area contributed by atoms with Crippen molar-refractivity contribution in [1.82, 2.24) is 9.55 Å². The van der Waals surface area contributed by atoms with Crippen LogP contribution in [-0.2, 0) is 11.3 Å². The molecule has 0 bridgehead atoms. The van der Waals surface area contributed by atoms with Crippen LogP contribution in [0.2, 0.25) is 10.0 Å². The quantitative estimate of drug-likeness (QED) is 0.395. The molecule has 1 fully saturated rings. The van der Waals surface area contributed by atoms with Crippen LogP contribution in [0.25, 0.3) is 17.1 Å². The molecule has 1 saturated carbocycles. The third kappa shape index (κ3) is 4.58. The summed E-state index contributed by atoms with van der Waals surface area (Å²) in [7, 11) is 0. The van der Waals surface area contributed by atoms with Crippen LogP contribution < -0.4 is 5.32 Å². The first kappa shape index (κ1) is 21.6.